The Hall–Kier alpha value is -0.800. The second-order valence-corrected chi connectivity index (χ2v) is 6.37. The molecule has 1 aromatic heterocycles. The lowest BCUT2D eigenvalue weighted by molar-refractivity contribution is 0.226. The summed E-state index contributed by atoms with van der Waals surface area (Å²) >= 11 is 0. The van der Waals surface area contributed by atoms with Crippen LogP contribution in [0.25, 0.3) is 0 Å². The largest absolute Gasteiger partial charge is 0.466 e. The zero-order valence-corrected chi connectivity index (χ0v) is 12.9. The van der Waals surface area contributed by atoms with Crippen molar-refractivity contribution in [2.24, 2.45) is 5.41 Å². The summed E-state index contributed by atoms with van der Waals surface area (Å²) in [4.78, 5) is 2.24. The predicted molar refractivity (Wildman–Crippen MR) is 76.9 cm³/mol. The minimum Gasteiger partial charge on any atom is -0.466 e. The van der Waals surface area contributed by atoms with E-state index in [1.54, 1.807) is 0 Å². The minimum absolute atomic E-state index is 0.268. The third-order valence-corrected chi connectivity index (χ3v) is 3.18. The van der Waals surface area contributed by atoms with Gasteiger partial charge in [0.25, 0.3) is 0 Å². The van der Waals surface area contributed by atoms with Crippen molar-refractivity contribution in [3.63, 3.8) is 0 Å². The van der Waals surface area contributed by atoms with Crippen LogP contribution >= 0.6 is 0 Å². The van der Waals surface area contributed by atoms with Crippen LogP contribution in [0.1, 0.15) is 43.9 Å². The van der Waals surface area contributed by atoms with Crippen LogP contribution in [0.3, 0.4) is 0 Å². The summed E-state index contributed by atoms with van der Waals surface area (Å²) in [5.74, 6) is 2.02. The number of aryl methyl sites for hydroxylation is 2. The summed E-state index contributed by atoms with van der Waals surface area (Å²) in [5.41, 5.74) is 1.54. The van der Waals surface area contributed by atoms with Gasteiger partial charge in [-0.2, -0.15) is 0 Å². The first-order chi connectivity index (χ1) is 8.21. The fourth-order valence-corrected chi connectivity index (χ4v) is 2.53. The van der Waals surface area contributed by atoms with Gasteiger partial charge in [0.05, 0.1) is 0 Å². The third-order valence-electron chi connectivity index (χ3n) is 3.18. The molecule has 0 aliphatic rings. The van der Waals surface area contributed by atoms with Crippen molar-refractivity contribution >= 4 is 0 Å². The molecular weight excluding hydrogens is 224 g/mol. The highest BCUT2D eigenvalue weighted by Gasteiger charge is 2.21. The van der Waals surface area contributed by atoms with Crippen molar-refractivity contribution in [2.75, 3.05) is 27.2 Å². The molecule has 0 aliphatic heterocycles. The average Bonchev–Trinajstić information content (AvgIpc) is 2.52. The molecule has 1 N–H and O–H groups in total. The summed E-state index contributed by atoms with van der Waals surface area (Å²) in [5, 5.41) is 3.61. The molecule has 0 fully saturated rings. The summed E-state index contributed by atoms with van der Waals surface area (Å²) in [7, 11) is 4.24. The second-order valence-electron chi connectivity index (χ2n) is 6.37. The Morgan fingerprint density at radius 2 is 1.94 bits per heavy atom. The van der Waals surface area contributed by atoms with Gasteiger partial charge >= 0.3 is 0 Å². The van der Waals surface area contributed by atoms with E-state index < -0.39 is 0 Å². The quantitative estimate of drug-likeness (QED) is 0.843. The number of nitrogens with one attached hydrogen (secondary N) is 1. The lowest BCUT2D eigenvalue weighted by Crippen LogP contribution is -2.38. The van der Waals surface area contributed by atoms with E-state index in [9.17, 15) is 0 Å². The Labute approximate surface area is 112 Å². The molecule has 3 nitrogen and oxygen atoms in total. The fraction of sp³-hybridized carbons (Fsp3) is 0.733. The molecule has 1 rings (SSSR count). The molecule has 1 atom stereocenters. The van der Waals surface area contributed by atoms with Crippen LogP contribution in [0, 0.1) is 19.3 Å². The summed E-state index contributed by atoms with van der Waals surface area (Å²) < 4.78 is 5.58. The van der Waals surface area contributed by atoms with Crippen LogP contribution in [0.15, 0.2) is 10.5 Å². The van der Waals surface area contributed by atoms with Crippen molar-refractivity contribution in [2.45, 2.75) is 40.7 Å². The average molecular weight is 252 g/mol. The van der Waals surface area contributed by atoms with Gasteiger partial charge in [-0.3, -0.25) is 0 Å². The maximum absolute atomic E-state index is 5.58. The summed E-state index contributed by atoms with van der Waals surface area (Å²) in [6.07, 6.45) is 0. The van der Waals surface area contributed by atoms with E-state index in [-0.39, 0.29) is 5.41 Å². The molecule has 0 amide bonds. The molecule has 0 aliphatic carbocycles. The highest BCUT2D eigenvalue weighted by Crippen LogP contribution is 2.23. The number of furan rings is 1. The molecule has 0 saturated heterocycles. The molecule has 18 heavy (non-hydrogen) atoms. The van der Waals surface area contributed by atoms with E-state index in [1.165, 1.54) is 5.56 Å². The topological polar surface area (TPSA) is 28.4 Å². The van der Waals surface area contributed by atoms with Gasteiger partial charge in [-0.25, -0.2) is 0 Å². The van der Waals surface area contributed by atoms with Crippen LogP contribution in [0.4, 0.5) is 0 Å². The Bertz CT molecular complexity index is 380. The van der Waals surface area contributed by atoms with Crippen molar-refractivity contribution < 1.29 is 4.42 Å². The van der Waals surface area contributed by atoms with Gasteiger partial charge in [-0.05, 0) is 46.3 Å². The zero-order valence-electron chi connectivity index (χ0n) is 12.9. The SMILES string of the molecule is Cc1cc(C(C)NCC(C)(C)CN(C)C)c(C)o1. The molecule has 104 valence electrons. The number of hydrogen-bond donors (Lipinski definition) is 1. The van der Waals surface area contributed by atoms with Crippen LogP contribution in [0.2, 0.25) is 0 Å². The minimum atomic E-state index is 0.268. The highest BCUT2D eigenvalue weighted by atomic mass is 16.3. The van der Waals surface area contributed by atoms with Gasteiger partial charge in [0.2, 0.25) is 0 Å². The van der Waals surface area contributed by atoms with Crippen molar-refractivity contribution in [1.29, 1.82) is 0 Å². The number of hydrogen-bond acceptors (Lipinski definition) is 3. The molecule has 0 radical (unpaired) electrons. The van der Waals surface area contributed by atoms with Gasteiger partial charge in [-0.1, -0.05) is 13.8 Å². The maximum Gasteiger partial charge on any atom is 0.105 e. The lowest BCUT2D eigenvalue weighted by Gasteiger charge is -2.30. The van der Waals surface area contributed by atoms with E-state index in [4.69, 9.17) is 4.42 Å². The third kappa shape index (κ3) is 4.46. The smallest absolute Gasteiger partial charge is 0.105 e. The monoisotopic (exact) mass is 252 g/mol. The number of nitrogens with zero attached hydrogens (tertiary/aromatic N) is 1. The summed E-state index contributed by atoms with van der Waals surface area (Å²) in [6.45, 7) is 12.9. The molecule has 1 unspecified atom stereocenters. The van der Waals surface area contributed by atoms with E-state index in [2.05, 4.69) is 51.1 Å². The summed E-state index contributed by atoms with van der Waals surface area (Å²) in [6, 6.07) is 2.47. The normalized spacial score (nSPS) is 14.2. The van der Waals surface area contributed by atoms with Crippen molar-refractivity contribution in [1.82, 2.24) is 10.2 Å². The van der Waals surface area contributed by atoms with Gasteiger partial charge in [0.15, 0.2) is 0 Å². The zero-order chi connectivity index (χ0) is 13.9. The highest BCUT2D eigenvalue weighted by molar-refractivity contribution is 5.23. The molecule has 0 saturated carbocycles. The molecular formula is C15H28N2O. The Kier molecular flexibility index (Phi) is 5.00. The predicted octanol–water partition coefficient (Wildman–Crippen LogP) is 3.13. The van der Waals surface area contributed by atoms with Gasteiger partial charge < -0.3 is 14.6 Å². The van der Waals surface area contributed by atoms with Gasteiger partial charge in [0, 0.05) is 24.7 Å². The van der Waals surface area contributed by atoms with Gasteiger partial charge in [0.1, 0.15) is 11.5 Å². The molecule has 1 aromatic rings. The van der Waals surface area contributed by atoms with Crippen molar-refractivity contribution in [3.8, 4) is 0 Å². The van der Waals surface area contributed by atoms with E-state index in [0.717, 1.165) is 24.6 Å². The van der Waals surface area contributed by atoms with Crippen LogP contribution in [-0.2, 0) is 0 Å². The molecule has 1 heterocycles. The Morgan fingerprint density at radius 3 is 2.39 bits per heavy atom. The van der Waals surface area contributed by atoms with E-state index in [0.29, 0.717) is 6.04 Å². The first kappa shape index (κ1) is 15.3. The first-order valence-corrected chi connectivity index (χ1v) is 6.66. The van der Waals surface area contributed by atoms with Crippen molar-refractivity contribution in [3.05, 3.63) is 23.2 Å². The van der Waals surface area contributed by atoms with Crippen LogP contribution < -0.4 is 5.32 Å². The molecule has 0 spiro atoms. The molecule has 0 bridgehead atoms. The van der Waals surface area contributed by atoms with E-state index in [1.807, 2.05) is 13.8 Å². The second kappa shape index (κ2) is 5.89. The molecule has 3 heteroatoms. The Balaban J connectivity index is 2.55. The lowest BCUT2D eigenvalue weighted by atomic mass is 9.92. The number of rotatable bonds is 6. The van der Waals surface area contributed by atoms with Gasteiger partial charge in [-0.15, -0.1) is 0 Å². The standard InChI is InChI=1S/C15H28N2O/c1-11-8-14(13(3)18-11)12(2)16-9-15(4,5)10-17(6)7/h8,12,16H,9-10H2,1-7H3. The fourth-order valence-electron chi connectivity index (χ4n) is 2.53. The van der Waals surface area contributed by atoms with Crippen LogP contribution in [-0.4, -0.2) is 32.1 Å². The Morgan fingerprint density at radius 1 is 1.33 bits per heavy atom. The first-order valence-electron chi connectivity index (χ1n) is 6.66. The maximum atomic E-state index is 5.58. The molecule has 0 aromatic carbocycles. The van der Waals surface area contributed by atoms with Crippen LogP contribution in [0.5, 0.6) is 0 Å². The van der Waals surface area contributed by atoms with E-state index >= 15 is 0 Å².